The molecule has 1 aromatic carbocycles. The van der Waals surface area contributed by atoms with Gasteiger partial charge in [-0.2, -0.15) is 0 Å². The third-order valence-corrected chi connectivity index (χ3v) is 6.06. The number of carbonyl (C=O) groups is 2. The number of hydrogen-bond acceptors (Lipinski definition) is 6. The Morgan fingerprint density at radius 2 is 2.00 bits per heavy atom. The number of fused-ring (bicyclic) bond motifs is 2. The summed E-state index contributed by atoms with van der Waals surface area (Å²) in [5.74, 6) is -0.861. The highest BCUT2D eigenvalue weighted by molar-refractivity contribution is 6.07. The van der Waals surface area contributed by atoms with Crippen LogP contribution in [0.15, 0.2) is 66.3 Å². The first kappa shape index (κ1) is 23.8. The van der Waals surface area contributed by atoms with Gasteiger partial charge >= 0.3 is 5.97 Å². The quantitative estimate of drug-likeness (QED) is 0.385. The van der Waals surface area contributed by atoms with Gasteiger partial charge in [0.2, 0.25) is 0 Å². The molecule has 172 valence electrons. The van der Waals surface area contributed by atoms with Gasteiger partial charge in [0.15, 0.2) is 0 Å². The minimum absolute atomic E-state index is 0.253. The molecule has 7 heteroatoms. The molecule has 0 fully saturated rings. The van der Waals surface area contributed by atoms with E-state index in [1.807, 2.05) is 42.5 Å². The normalized spacial score (nSPS) is 22.2. The molecule has 0 aliphatic carbocycles. The second-order valence-corrected chi connectivity index (χ2v) is 7.84. The van der Waals surface area contributed by atoms with Crippen LogP contribution in [0.3, 0.4) is 0 Å². The third kappa shape index (κ3) is 4.64. The molecule has 2 aliphatic rings. The van der Waals surface area contributed by atoms with Gasteiger partial charge < -0.3 is 25.0 Å². The highest BCUT2D eigenvalue weighted by Gasteiger charge is 2.57. The molecule has 32 heavy (non-hydrogen) atoms. The summed E-state index contributed by atoms with van der Waals surface area (Å²) in [6.07, 6.45) is 5.40. The first-order chi connectivity index (χ1) is 15.5. The minimum atomic E-state index is -1.12. The van der Waals surface area contributed by atoms with E-state index in [1.54, 1.807) is 6.08 Å². The molecule has 3 rings (SSSR count). The SMILES string of the molecule is C=CCC(Nc1ccccc1)C12C=CC(O1)C(C(=O)NCCN(CC)CC)=C2C(=O)OC. The lowest BCUT2D eigenvalue weighted by molar-refractivity contribution is -0.138. The first-order valence-electron chi connectivity index (χ1n) is 11.1. The molecule has 0 spiro atoms. The topological polar surface area (TPSA) is 79.9 Å². The number of ether oxygens (including phenoxy) is 2. The van der Waals surface area contributed by atoms with Gasteiger partial charge in [-0.3, -0.25) is 4.79 Å². The van der Waals surface area contributed by atoms with E-state index in [4.69, 9.17) is 9.47 Å². The number of carbonyl (C=O) groups excluding carboxylic acids is 2. The Hall–Kier alpha value is -2.90. The van der Waals surface area contributed by atoms with Crippen LogP contribution >= 0.6 is 0 Å². The molecule has 0 saturated carbocycles. The molecule has 3 atom stereocenters. The molecule has 2 heterocycles. The molecular weight excluding hydrogens is 406 g/mol. The number of methoxy groups -OCH3 is 1. The summed E-state index contributed by atoms with van der Waals surface area (Å²) in [7, 11) is 1.32. The van der Waals surface area contributed by atoms with E-state index >= 15 is 0 Å². The van der Waals surface area contributed by atoms with E-state index in [2.05, 4.69) is 36.0 Å². The van der Waals surface area contributed by atoms with E-state index < -0.39 is 17.7 Å². The van der Waals surface area contributed by atoms with E-state index in [9.17, 15) is 9.59 Å². The number of likely N-dealkylation sites (N-methyl/N-ethyl adjacent to an activating group) is 1. The van der Waals surface area contributed by atoms with E-state index in [0.717, 1.165) is 25.3 Å². The summed E-state index contributed by atoms with van der Waals surface area (Å²) in [5.41, 5.74) is 0.342. The number of amides is 1. The van der Waals surface area contributed by atoms with Crippen molar-refractivity contribution in [3.05, 3.63) is 66.3 Å². The molecule has 3 unspecified atom stereocenters. The first-order valence-corrected chi connectivity index (χ1v) is 11.1. The molecule has 0 radical (unpaired) electrons. The van der Waals surface area contributed by atoms with Crippen molar-refractivity contribution >= 4 is 17.6 Å². The van der Waals surface area contributed by atoms with Gasteiger partial charge in [-0.05, 0) is 37.7 Å². The van der Waals surface area contributed by atoms with Crippen molar-refractivity contribution < 1.29 is 19.1 Å². The molecule has 2 bridgehead atoms. The molecule has 2 N–H and O–H groups in total. The van der Waals surface area contributed by atoms with Gasteiger partial charge in [-0.15, -0.1) is 6.58 Å². The summed E-state index contributed by atoms with van der Waals surface area (Å²) in [4.78, 5) is 28.3. The van der Waals surface area contributed by atoms with Crippen LogP contribution in [0.4, 0.5) is 5.69 Å². The molecular formula is C25H33N3O4. The molecule has 1 aromatic rings. The van der Waals surface area contributed by atoms with Crippen molar-refractivity contribution in [2.24, 2.45) is 0 Å². The summed E-state index contributed by atoms with van der Waals surface area (Å²) >= 11 is 0. The highest BCUT2D eigenvalue weighted by Crippen LogP contribution is 2.47. The number of para-hydroxylation sites is 1. The van der Waals surface area contributed by atoms with Crippen LogP contribution in [0, 0.1) is 0 Å². The van der Waals surface area contributed by atoms with Crippen molar-refractivity contribution in [3.63, 3.8) is 0 Å². The predicted molar refractivity (Wildman–Crippen MR) is 125 cm³/mol. The average molecular weight is 440 g/mol. The maximum Gasteiger partial charge on any atom is 0.337 e. The fraction of sp³-hybridized carbons (Fsp3) is 0.440. The van der Waals surface area contributed by atoms with Gasteiger partial charge in [0.1, 0.15) is 11.7 Å². The zero-order chi connectivity index (χ0) is 23.1. The number of benzene rings is 1. The smallest absolute Gasteiger partial charge is 0.337 e. The highest BCUT2D eigenvalue weighted by atomic mass is 16.5. The lowest BCUT2D eigenvalue weighted by Gasteiger charge is -2.35. The number of nitrogens with zero attached hydrogens (tertiary/aromatic N) is 1. The largest absolute Gasteiger partial charge is 0.466 e. The van der Waals surface area contributed by atoms with Crippen LogP contribution in [0.2, 0.25) is 0 Å². The number of esters is 1. The summed E-state index contributed by atoms with van der Waals surface area (Å²) < 4.78 is 11.4. The monoisotopic (exact) mass is 439 g/mol. The van der Waals surface area contributed by atoms with E-state index in [0.29, 0.717) is 18.5 Å². The Balaban J connectivity index is 1.91. The minimum Gasteiger partial charge on any atom is -0.466 e. The van der Waals surface area contributed by atoms with Crippen molar-refractivity contribution in [2.75, 3.05) is 38.6 Å². The van der Waals surface area contributed by atoms with Crippen LogP contribution in [0.25, 0.3) is 0 Å². The third-order valence-electron chi connectivity index (χ3n) is 6.06. The Morgan fingerprint density at radius 1 is 1.28 bits per heavy atom. The van der Waals surface area contributed by atoms with Crippen LogP contribution in [-0.4, -0.2) is 67.8 Å². The van der Waals surface area contributed by atoms with E-state index in [1.165, 1.54) is 7.11 Å². The Bertz CT molecular complexity index is 892. The molecule has 7 nitrogen and oxygen atoms in total. The van der Waals surface area contributed by atoms with Crippen LogP contribution in [0.5, 0.6) is 0 Å². The van der Waals surface area contributed by atoms with Gasteiger partial charge in [0.05, 0.1) is 24.3 Å². The zero-order valence-corrected chi connectivity index (χ0v) is 19.1. The number of anilines is 1. The predicted octanol–water partition coefficient (Wildman–Crippen LogP) is 2.68. The van der Waals surface area contributed by atoms with Gasteiger partial charge in [-0.25, -0.2) is 4.79 Å². The number of nitrogens with one attached hydrogen (secondary N) is 2. The second-order valence-electron chi connectivity index (χ2n) is 7.84. The Labute approximate surface area is 190 Å². The zero-order valence-electron chi connectivity index (χ0n) is 19.1. The fourth-order valence-corrected chi connectivity index (χ4v) is 4.36. The molecule has 0 aromatic heterocycles. The second kappa shape index (κ2) is 10.6. The summed E-state index contributed by atoms with van der Waals surface area (Å²) in [5, 5.41) is 6.41. The van der Waals surface area contributed by atoms with Gasteiger partial charge in [-0.1, -0.05) is 44.2 Å². The van der Waals surface area contributed by atoms with Gasteiger partial charge in [0, 0.05) is 18.8 Å². The summed E-state index contributed by atoms with van der Waals surface area (Å²) in [6.45, 7) is 11.1. The van der Waals surface area contributed by atoms with Crippen molar-refractivity contribution in [1.82, 2.24) is 10.2 Å². The molecule has 0 saturated heterocycles. The van der Waals surface area contributed by atoms with Crippen LogP contribution in [-0.2, 0) is 19.1 Å². The standard InChI is InChI=1S/C25H33N3O4/c1-5-11-20(27-18-12-9-8-10-13-18)25-15-14-19(32-25)21(22(25)24(30)31-4)23(29)26-16-17-28(6-2)7-3/h5,8-10,12-15,19-20,27H,1,6-7,11,16-17H2,2-4H3,(H,26,29). The van der Waals surface area contributed by atoms with Gasteiger partial charge in [0.25, 0.3) is 5.91 Å². The van der Waals surface area contributed by atoms with Crippen molar-refractivity contribution in [2.45, 2.75) is 38.0 Å². The molecule has 1 amide bonds. The Morgan fingerprint density at radius 3 is 2.62 bits per heavy atom. The number of rotatable bonds is 12. The van der Waals surface area contributed by atoms with Crippen LogP contribution < -0.4 is 10.6 Å². The molecule has 2 aliphatic heterocycles. The summed E-state index contributed by atoms with van der Waals surface area (Å²) in [6, 6.07) is 9.34. The lowest BCUT2D eigenvalue weighted by Crippen LogP contribution is -2.48. The van der Waals surface area contributed by atoms with E-state index in [-0.39, 0.29) is 17.5 Å². The Kier molecular flexibility index (Phi) is 7.88. The number of hydrogen-bond donors (Lipinski definition) is 2. The lowest BCUT2D eigenvalue weighted by atomic mass is 9.79. The van der Waals surface area contributed by atoms with Crippen LogP contribution in [0.1, 0.15) is 20.3 Å². The maximum atomic E-state index is 13.2. The van der Waals surface area contributed by atoms with Crippen molar-refractivity contribution in [1.29, 1.82) is 0 Å². The van der Waals surface area contributed by atoms with Crippen molar-refractivity contribution in [3.8, 4) is 0 Å². The maximum absolute atomic E-state index is 13.2. The fourth-order valence-electron chi connectivity index (χ4n) is 4.36. The average Bonchev–Trinajstić information content (AvgIpc) is 3.40.